The van der Waals surface area contributed by atoms with E-state index < -0.39 is 11.6 Å². The second-order valence-corrected chi connectivity index (χ2v) is 9.17. The highest BCUT2D eigenvalue weighted by Gasteiger charge is 2.30. The summed E-state index contributed by atoms with van der Waals surface area (Å²) >= 11 is 6.56. The van der Waals surface area contributed by atoms with E-state index in [0.717, 1.165) is 55.8 Å². The Kier molecular flexibility index (Phi) is 6.84. The Morgan fingerprint density at radius 2 is 1.92 bits per heavy atom. The van der Waals surface area contributed by atoms with Gasteiger partial charge in [0.25, 0.3) is 0 Å². The minimum atomic E-state index is -0.728. The van der Waals surface area contributed by atoms with Gasteiger partial charge in [-0.2, -0.15) is 0 Å². The number of pyridine rings is 1. The maximum absolute atomic E-state index is 14.1. The predicted molar refractivity (Wildman–Crippen MR) is 140 cm³/mol. The first-order chi connectivity index (χ1) is 17.5. The van der Waals surface area contributed by atoms with Gasteiger partial charge in [-0.05, 0) is 54.8 Å². The molecule has 7 nitrogen and oxygen atoms in total. The van der Waals surface area contributed by atoms with Crippen LogP contribution >= 0.6 is 11.6 Å². The molecule has 0 unspecified atom stereocenters. The summed E-state index contributed by atoms with van der Waals surface area (Å²) in [5.41, 5.74) is 7.84. The first kappa shape index (κ1) is 24.1. The zero-order chi connectivity index (χ0) is 25.2. The zero-order valence-electron chi connectivity index (χ0n) is 19.6. The number of benzene rings is 1. The third-order valence-electron chi connectivity index (χ3n) is 6.24. The largest absolute Gasteiger partial charge is 0.405 e. The summed E-state index contributed by atoms with van der Waals surface area (Å²) in [4.78, 5) is 16.4. The van der Waals surface area contributed by atoms with Crippen molar-refractivity contribution < 1.29 is 8.78 Å². The summed E-state index contributed by atoms with van der Waals surface area (Å²) in [5, 5.41) is 7.26. The van der Waals surface area contributed by atoms with Crippen molar-refractivity contribution in [2.45, 2.75) is 18.8 Å². The molecule has 0 spiro atoms. The van der Waals surface area contributed by atoms with Gasteiger partial charge in [-0.25, -0.2) is 23.7 Å². The molecule has 1 saturated carbocycles. The smallest absolute Gasteiger partial charge is 0.162 e. The van der Waals surface area contributed by atoms with E-state index in [1.807, 2.05) is 6.20 Å². The molecule has 2 aliphatic rings. The molecule has 0 amide bonds. The maximum Gasteiger partial charge on any atom is 0.162 e. The summed E-state index contributed by atoms with van der Waals surface area (Å²) in [6.45, 7) is 7.13. The molecule has 3 heterocycles. The van der Waals surface area contributed by atoms with Gasteiger partial charge in [0, 0.05) is 43.6 Å². The van der Waals surface area contributed by atoms with E-state index in [2.05, 4.69) is 27.1 Å². The number of aromatic nitrogens is 3. The number of para-hydroxylation sites is 1. The average Bonchev–Trinajstić information content (AvgIpc) is 3.72. The van der Waals surface area contributed by atoms with E-state index in [0.29, 0.717) is 22.8 Å². The maximum atomic E-state index is 14.1. The molecule has 1 saturated heterocycles. The van der Waals surface area contributed by atoms with E-state index >= 15 is 0 Å². The van der Waals surface area contributed by atoms with Crippen LogP contribution in [0.25, 0.3) is 16.5 Å². The number of rotatable bonds is 7. The van der Waals surface area contributed by atoms with E-state index in [9.17, 15) is 8.78 Å². The highest BCUT2D eigenvalue weighted by molar-refractivity contribution is 6.34. The van der Waals surface area contributed by atoms with Crippen LogP contribution in [0.3, 0.4) is 0 Å². The van der Waals surface area contributed by atoms with Crippen molar-refractivity contribution in [1.82, 2.24) is 20.3 Å². The topological polar surface area (TPSA) is 92.0 Å². The number of fused-ring (bicyclic) bond motifs is 1. The predicted octanol–water partition coefficient (Wildman–Crippen LogP) is 4.73. The molecule has 1 aliphatic carbocycles. The third kappa shape index (κ3) is 4.89. The molecular weight excluding hydrogens is 484 g/mol. The van der Waals surface area contributed by atoms with Gasteiger partial charge in [0.1, 0.15) is 28.7 Å². The molecule has 5 rings (SSSR count). The quantitative estimate of drug-likeness (QED) is 0.313. The molecule has 2 aromatic heterocycles. The Hall–Kier alpha value is -3.56. The second-order valence-electron chi connectivity index (χ2n) is 8.82. The van der Waals surface area contributed by atoms with Crippen molar-refractivity contribution in [3.05, 3.63) is 83.2 Å². The van der Waals surface area contributed by atoms with Crippen LogP contribution in [-0.4, -0.2) is 41.1 Å². The molecule has 4 N–H and O–H groups in total. The van der Waals surface area contributed by atoms with E-state index in [4.69, 9.17) is 27.3 Å². The van der Waals surface area contributed by atoms with E-state index in [1.54, 1.807) is 12.2 Å². The van der Waals surface area contributed by atoms with Gasteiger partial charge < -0.3 is 21.3 Å². The minimum Gasteiger partial charge on any atom is -0.405 e. The van der Waals surface area contributed by atoms with Gasteiger partial charge in [0.2, 0.25) is 0 Å². The molecule has 0 atom stereocenters. The first-order valence-corrected chi connectivity index (χ1v) is 12.2. The van der Waals surface area contributed by atoms with Crippen molar-refractivity contribution in [2.75, 3.05) is 36.4 Å². The van der Waals surface area contributed by atoms with Crippen LogP contribution < -0.4 is 21.3 Å². The fraction of sp³-hybridized carbons (Fsp3) is 0.269. The lowest BCUT2D eigenvalue weighted by Crippen LogP contribution is -2.44. The normalized spacial score (nSPS) is 16.6. The lowest BCUT2D eigenvalue weighted by molar-refractivity contribution is 0.585. The molecule has 186 valence electrons. The molecule has 3 aromatic rings. The number of halogens is 3. The van der Waals surface area contributed by atoms with Gasteiger partial charge in [-0.15, -0.1) is 0 Å². The number of nitrogens with one attached hydrogen (secondary N) is 2. The van der Waals surface area contributed by atoms with Crippen LogP contribution in [0.1, 0.15) is 30.1 Å². The van der Waals surface area contributed by atoms with Gasteiger partial charge in [0.15, 0.2) is 11.0 Å². The van der Waals surface area contributed by atoms with Crippen LogP contribution in [0.5, 0.6) is 0 Å². The Morgan fingerprint density at radius 1 is 1.19 bits per heavy atom. The molecule has 10 heteroatoms. The molecule has 1 aromatic carbocycles. The van der Waals surface area contributed by atoms with Gasteiger partial charge in [-0.3, -0.25) is 0 Å². The monoisotopic (exact) mass is 509 g/mol. The van der Waals surface area contributed by atoms with Gasteiger partial charge >= 0.3 is 0 Å². The zero-order valence-corrected chi connectivity index (χ0v) is 20.3. The Morgan fingerprint density at radius 3 is 2.58 bits per heavy atom. The SMILES string of the molecule is C=C(/C=C(\C=C/N)c1nc(N2CCNCC2)c2c(C3CC3)cnc(Cl)c2n1)Nc1c(F)cccc1F. The molecule has 0 bridgehead atoms. The molecule has 1 aliphatic heterocycles. The van der Waals surface area contributed by atoms with E-state index in [-0.39, 0.29) is 16.5 Å². The van der Waals surface area contributed by atoms with Gasteiger partial charge in [0.05, 0.1) is 5.39 Å². The Bertz CT molecular complexity index is 1360. The Labute approximate surface area is 212 Å². The standard InChI is InChI=1S/C26H26ClF2N7/c1-15(33-22-19(28)3-2-4-20(22)29)13-17(7-8-30)25-34-23-21(18(16-5-6-16)14-32-24(23)27)26(35-25)36-11-9-31-10-12-36/h2-4,7-8,13-14,16,31,33H,1,5-6,9-12,30H2/b8-7-,17-13+. The summed E-state index contributed by atoms with van der Waals surface area (Å²) in [5.74, 6) is 0.110. The second kappa shape index (κ2) is 10.2. The van der Waals surface area contributed by atoms with Crippen molar-refractivity contribution in [3.8, 4) is 0 Å². The fourth-order valence-corrected chi connectivity index (χ4v) is 4.53. The number of hydrogen-bond donors (Lipinski definition) is 3. The molecule has 36 heavy (non-hydrogen) atoms. The number of allylic oxidation sites excluding steroid dienone is 3. The number of anilines is 2. The van der Waals surface area contributed by atoms with Crippen LogP contribution in [0.15, 0.2) is 55.0 Å². The van der Waals surface area contributed by atoms with E-state index in [1.165, 1.54) is 24.4 Å². The fourth-order valence-electron chi connectivity index (χ4n) is 4.35. The summed E-state index contributed by atoms with van der Waals surface area (Å²) in [7, 11) is 0. The lowest BCUT2D eigenvalue weighted by atomic mass is 10.1. The summed E-state index contributed by atoms with van der Waals surface area (Å²) in [6.07, 6.45) is 8.58. The third-order valence-corrected chi connectivity index (χ3v) is 6.51. The van der Waals surface area contributed by atoms with Crippen LogP contribution in [0.2, 0.25) is 5.15 Å². The minimum absolute atomic E-state index is 0.232. The summed E-state index contributed by atoms with van der Waals surface area (Å²) < 4.78 is 28.3. The van der Waals surface area contributed by atoms with Crippen LogP contribution in [0, 0.1) is 11.6 Å². The van der Waals surface area contributed by atoms with Crippen LogP contribution in [-0.2, 0) is 0 Å². The van der Waals surface area contributed by atoms with Crippen molar-refractivity contribution in [2.24, 2.45) is 5.73 Å². The first-order valence-electron chi connectivity index (χ1n) is 11.8. The Balaban J connectivity index is 1.62. The van der Waals surface area contributed by atoms with Gasteiger partial charge in [-0.1, -0.05) is 24.2 Å². The molecule has 2 fully saturated rings. The number of hydrogen-bond acceptors (Lipinski definition) is 7. The van der Waals surface area contributed by atoms with Crippen molar-refractivity contribution >= 4 is 39.6 Å². The number of nitrogens with two attached hydrogens (primary N) is 1. The van der Waals surface area contributed by atoms with Crippen LogP contribution in [0.4, 0.5) is 20.3 Å². The summed E-state index contributed by atoms with van der Waals surface area (Å²) in [6, 6.07) is 3.63. The van der Waals surface area contributed by atoms with Crippen molar-refractivity contribution in [3.63, 3.8) is 0 Å². The number of piperazine rings is 1. The molecular formula is C26H26ClF2N7. The highest BCUT2D eigenvalue weighted by atomic mass is 35.5. The number of nitrogens with zero attached hydrogens (tertiary/aromatic N) is 4. The average molecular weight is 510 g/mol. The van der Waals surface area contributed by atoms with Crippen molar-refractivity contribution in [1.29, 1.82) is 0 Å². The lowest BCUT2D eigenvalue weighted by Gasteiger charge is -2.30. The highest BCUT2D eigenvalue weighted by Crippen LogP contribution is 2.45. The molecule has 0 radical (unpaired) electrons.